The molecule has 3 saturated carbocycles. The largest absolute Gasteiger partial charge is 0.325 e. The van der Waals surface area contributed by atoms with Crippen LogP contribution in [0.4, 0.5) is 0 Å². The van der Waals surface area contributed by atoms with E-state index in [4.69, 9.17) is 5.73 Å². The second kappa shape index (κ2) is 2.06. The van der Waals surface area contributed by atoms with Crippen LogP contribution in [0.1, 0.15) is 51.4 Å². The van der Waals surface area contributed by atoms with Crippen LogP contribution < -0.4 is 5.73 Å². The van der Waals surface area contributed by atoms with Gasteiger partial charge in [0.25, 0.3) is 0 Å². The Balaban J connectivity index is 1.55. The highest BCUT2D eigenvalue weighted by molar-refractivity contribution is 5.07. The SMILES string of the molecule is NC1(CCC23CCC2CC3)CC1. The average molecular weight is 165 g/mol. The van der Waals surface area contributed by atoms with E-state index in [1.807, 2.05) is 0 Å². The van der Waals surface area contributed by atoms with Gasteiger partial charge in [-0.2, -0.15) is 0 Å². The van der Waals surface area contributed by atoms with Gasteiger partial charge in [-0.1, -0.05) is 0 Å². The van der Waals surface area contributed by atoms with Gasteiger partial charge in [-0.05, 0) is 62.7 Å². The van der Waals surface area contributed by atoms with Gasteiger partial charge in [-0.3, -0.25) is 0 Å². The molecule has 0 radical (unpaired) electrons. The molecule has 3 aliphatic carbocycles. The standard InChI is InChI=1S/C11H19N/c12-11(7-8-11)6-5-10-3-1-9(10)2-4-10/h9H,1-8,12H2. The molecule has 0 spiro atoms. The van der Waals surface area contributed by atoms with Crippen LogP contribution in [-0.4, -0.2) is 5.54 Å². The van der Waals surface area contributed by atoms with Crippen molar-refractivity contribution in [3.05, 3.63) is 0 Å². The first-order valence-corrected chi connectivity index (χ1v) is 5.52. The summed E-state index contributed by atoms with van der Waals surface area (Å²) in [5.41, 5.74) is 7.24. The molecule has 0 aromatic rings. The first kappa shape index (κ1) is 7.37. The van der Waals surface area contributed by atoms with E-state index in [2.05, 4.69) is 0 Å². The highest BCUT2D eigenvalue weighted by Gasteiger charge is 2.54. The van der Waals surface area contributed by atoms with E-state index < -0.39 is 0 Å². The summed E-state index contributed by atoms with van der Waals surface area (Å²) in [6, 6.07) is 0. The maximum absolute atomic E-state index is 6.10. The molecule has 0 heterocycles. The van der Waals surface area contributed by atoms with E-state index in [1.165, 1.54) is 51.4 Å². The van der Waals surface area contributed by atoms with Gasteiger partial charge >= 0.3 is 0 Å². The van der Waals surface area contributed by atoms with E-state index >= 15 is 0 Å². The summed E-state index contributed by atoms with van der Waals surface area (Å²) in [6.07, 6.45) is 11.5. The molecule has 0 aromatic carbocycles. The number of nitrogens with two attached hydrogens (primary N) is 1. The molecule has 1 heteroatoms. The highest BCUT2D eigenvalue weighted by atomic mass is 14.8. The number of hydrogen-bond acceptors (Lipinski definition) is 1. The molecule has 68 valence electrons. The van der Waals surface area contributed by atoms with Gasteiger partial charge in [0, 0.05) is 5.54 Å². The Hall–Kier alpha value is -0.0400. The second-order valence-electron chi connectivity index (χ2n) is 5.50. The van der Waals surface area contributed by atoms with Crippen molar-refractivity contribution < 1.29 is 0 Å². The van der Waals surface area contributed by atoms with Gasteiger partial charge in [0.1, 0.15) is 0 Å². The Morgan fingerprint density at radius 2 is 1.67 bits per heavy atom. The smallest absolute Gasteiger partial charge is 0.0155 e. The summed E-state index contributed by atoms with van der Waals surface area (Å²) in [7, 11) is 0. The van der Waals surface area contributed by atoms with Crippen LogP contribution in [0.5, 0.6) is 0 Å². The van der Waals surface area contributed by atoms with Crippen LogP contribution in [0.3, 0.4) is 0 Å². The molecule has 1 nitrogen and oxygen atoms in total. The topological polar surface area (TPSA) is 26.0 Å². The van der Waals surface area contributed by atoms with Gasteiger partial charge in [0.15, 0.2) is 0 Å². The fourth-order valence-corrected chi connectivity index (χ4v) is 3.15. The molecule has 0 amide bonds. The Morgan fingerprint density at radius 3 is 2.00 bits per heavy atom. The van der Waals surface area contributed by atoms with Crippen LogP contribution in [0, 0.1) is 11.3 Å². The number of rotatable bonds is 3. The van der Waals surface area contributed by atoms with Crippen LogP contribution in [0.15, 0.2) is 0 Å². The van der Waals surface area contributed by atoms with Crippen LogP contribution in [0.2, 0.25) is 0 Å². The Bertz CT molecular complexity index is 197. The Morgan fingerprint density at radius 1 is 1.00 bits per heavy atom. The van der Waals surface area contributed by atoms with E-state index in [-0.39, 0.29) is 0 Å². The van der Waals surface area contributed by atoms with Crippen molar-refractivity contribution in [2.45, 2.75) is 56.9 Å². The predicted octanol–water partition coefficient (Wildman–Crippen LogP) is 2.45. The first-order valence-electron chi connectivity index (χ1n) is 5.52. The molecule has 3 aliphatic rings. The molecule has 0 atom stereocenters. The maximum Gasteiger partial charge on any atom is 0.0155 e. The lowest BCUT2D eigenvalue weighted by atomic mass is 9.46. The predicted molar refractivity (Wildman–Crippen MR) is 49.8 cm³/mol. The van der Waals surface area contributed by atoms with Crippen LogP contribution >= 0.6 is 0 Å². The third-order valence-electron chi connectivity index (χ3n) is 4.86. The van der Waals surface area contributed by atoms with Gasteiger partial charge in [0.05, 0.1) is 0 Å². The van der Waals surface area contributed by atoms with Crippen molar-refractivity contribution in [1.29, 1.82) is 0 Å². The summed E-state index contributed by atoms with van der Waals surface area (Å²) < 4.78 is 0. The number of hydrogen-bond donors (Lipinski definition) is 1. The van der Waals surface area contributed by atoms with Gasteiger partial charge < -0.3 is 5.73 Å². The summed E-state index contributed by atoms with van der Waals surface area (Å²) in [6.45, 7) is 0. The molecule has 0 bridgehead atoms. The molecule has 0 aliphatic heterocycles. The minimum atomic E-state index is 0.310. The second-order valence-corrected chi connectivity index (χ2v) is 5.50. The average Bonchev–Trinajstić information content (AvgIpc) is 2.75. The third kappa shape index (κ3) is 0.891. The van der Waals surface area contributed by atoms with Crippen molar-refractivity contribution in [1.82, 2.24) is 0 Å². The summed E-state index contributed by atoms with van der Waals surface area (Å²) in [4.78, 5) is 0. The minimum absolute atomic E-state index is 0.310. The Labute approximate surface area is 74.7 Å². The van der Waals surface area contributed by atoms with Crippen molar-refractivity contribution in [2.75, 3.05) is 0 Å². The van der Waals surface area contributed by atoms with Crippen molar-refractivity contribution in [3.63, 3.8) is 0 Å². The zero-order chi connectivity index (χ0) is 8.23. The van der Waals surface area contributed by atoms with Crippen LogP contribution in [0.25, 0.3) is 0 Å². The van der Waals surface area contributed by atoms with Crippen molar-refractivity contribution in [3.8, 4) is 0 Å². The lowest BCUT2D eigenvalue weighted by molar-refractivity contribution is -0.0837. The first-order chi connectivity index (χ1) is 5.73. The molecule has 0 aromatic heterocycles. The van der Waals surface area contributed by atoms with Gasteiger partial charge in [-0.25, -0.2) is 0 Å². The zero-order valence-electron chi connectivity index (χ0n) is 7.81. The minimum Gasteiger partial charge on any atom is -0.325 e. The summed E-state index contributed by atoms with van der Waals surface area (Å²) in [5, 5.41) is 0. The van der Waals surface area contributed by atoms with Crippen molar-refractivity contribution in [2.24, 2.45) is 17.1 Å². The quantitative estimate of drug-likeness (QED) is 0.683. The Kier molecular flexibility index (Phi) is 1.27. The molecule has 3 rings (SSSR count). The van der Waals surface area contributed by atoms with E-state index in [0.29, 0.717) is 5.54 Å². The zero-order valence-corrected chi connectivity index (χ0v) is 7.81. The van der Waals surface area contributed by atoms with E-state index in [9.17, 15) is 0 Å². The van der Waals surface area contributed by atoms with E-state index in [0.717, 1.165) is 11.3 Å². The third-order valence-corrected chi connectivity index (χ3v) is 4.86. The lowest BCUT2D eigenvalue weighted by Gasteiger charge is -2.59. The molecule has 2 N–H and O–H groups in total. The molecule has 0 saturated heterocycles. The van der Waals surface area contributed by atoms with Gasteiger partial charge in [0.2, 0.25) is 0 Å². The molecule has 3 fully saturated rings. The normalized spacial score (nSPS) is 47.2. The molecule has 12 heavy (non-hydrogen) atoms. The molecule has 0 unspecified atom stereocenters. The van der Waals surface area contributed by atoms with Crippen molar-refractivity contribution >= 4 is 0 Å². The number of fused-ring (bicyclic) bond motifs is 1. The fourth-order valence-electron chi connectivity index (χ4n) is 3.15. The highest BCUT2D eigenvalue weighted by Crippen LogP contribution is 2.64. The molecular formula is C11H19N. The van der Waals surface area contributed by atoms with E-state index in [1.54, 1.807) is 0 Å². The summed E-state index contributed by atoms with van der Waals surface area (Å²) >= 11 is 0. The maximum atomic E-state index is 6.10. The van der Waals surface area contributed by atoms with Crippen LogP contribution in [-0.2, 0) is 0 Å². The fraction of sp³-hybridized carbons (Fsp3) is 1.00. The lowest BCUT2D eigenvalue weighted by Crippen LogP contribution is -2.49. The molecular weight excluding hydrogens is 146 g/mol. The van der Waals surface area contributed by atoms with Gasteiger partial charge in [-0.15, -0.1) is 0 Å². The summed E-state index contributed by atoms with van der Waals surface area (Å²) in [5.74, 6) is 1.12. The monoisotopic (exact) mass is 165 g/mol.